The lowest BCUT2D eigenvalue weighted by atomic mass is 10.0. The zero-order valence-electron chi connectivity index (χ0n) is 10.9. The topological polar surface area (TPSA) is 41.1 Å². The number of hydrogen-bond donors (Lipinski definition) is 2. The van der Waals surface area contributed by atoms with E-state index in [1.165, 1.54) is 6.42 Å². The third kappa shape index (κ3) is 2.77. The number of benzene rings is 1. The van der Waals surface area contributed by atoms with E-state index < -0.39 is 0 Å². The molecular formula is C15H19ClN2O. The number of nitrogens with one attached hydrogen (secondary N) is 2. The first-order chi connectivity index (χ1) is 9.20. The fourth-order valence-corrected chi connectivity index (χ4v) is 2.99. The van der Waals surface area contributed by atoms with Gasteiger partial charge in [-0.3, -0.25) is 4.79 Å². The molecule has 2 fully saturated rings. The van der Waals surface area contributed by atoms with E-state index in [9.17, 15) is 4.79 Å². The molecule has 4 heteroatoms. The first-order valence-electron chi connectivity index (χ1n) is 7.01. The molecule has 1 atom stereocenters. The normalized spacial score (nSPS) is 24.8. The molecule has 3 rings (SSSR count). The van der Waals surface area contributed by atoms with E-state index in [0.29, 0.717) is 0 Å². The lowest BCUT2D eigenvalue weighted by molar-refractivity contribution is -0.124. The Morgan fingerprint density at radius 2 is 2.21 bits per heavy atom. The Kier molecular flexibility index (Phi) is 3.50. The van der Waals surface area contributed by atoms with E-state index in [4.69, 9.17) is 11.6 Å². The summed E-state index contributed by atoms with van der Waals surface area (Å²) in [7, 11) is 0. The van der Waals surface area contributed by atoms with Crippen LogP contribution in [-0.2, 0) is 10.3 Å². The summed E-state index contributed by atoms with van der Waals surface area (Å²) in [5, 5.41) is 7.24. The van der Waals surface area contributed by atoms with Crippen molar-refractivity contribution in [1.82, 2.24) is 10.6 Å². The highest BCUT2D eigenvalue weighted by atomic mass is 35.5. The van der Waals surface area contributed by atoms with Crippen LogP contribution >= 0.6 is 11.6 Å². The molecule has 1 saturated carbocycles. The number of hydrogen-bond acceptors (Lipinski definition) is 2. The van der Waals surface area contributed by atoms with Gasteiger partial charge in [-0.2, -0.15) is 0 Å². The minimum absolute atomic E-state index is 0.0228. The van der Waals surface area contributed by atoms with Crippen molar-refractivity contribution in [1.29, 1.82) is 0 Å². The highest BCUT2D eigenvalue weighted by Gasteiger charge is 2.46. The van der Waals surface area contributed by atoms with Crippen molar-refractivity contribution in [3.05, 3.63) is 34.9 Å². The third-order valence-corrected chi connectivity index (χ3v) is 4.35. The average molecular weight is 279 g/mol. The van der Waals surface area contributed by atoms with E-state index in [1.807, 2.05) is 24.3 Å². The molecule has 102 valence electrons. The van der Waals surface area contributed by atoms with Gasteiger partial charge in [-0.25, -0.2) is 0 Å². The zero-order chi connectivity index (χ0) is 13.3. The summed E-state index contributed by atoms with van der Waals surface area (Å²) >= 11 is 6.04. The van der Waals surface area contributed by atoms with Gasteiger partial charge in [0.1, 0.15) is 0 Å². The molecule has 1 aromatic rings. The molecule has 0 bridgehead atoms. The molecule has 3 nitrogen and oxygen atoms in total. The maximum atomic E-state index is 12.3. The van der Waals surface area contributed by atoms with Crippen LogP contribution < -0.4 is 10.6 Å². The van der Waals surface area contributed by atoms with E-state index in [0.717, 1.165) is 42.8 Å². The maximum absolute atomic E-state index is 12.3. The van der Waals surface area contributed by atoms with Gasteiger partial charge in [-0.05, 0) is 49.9 Å². The van der Waals surface area contributed by atoms with Gasteiger partial charge in [0, 0.05) is 5.02 Å². The van der Waals surface area contributed by atoms with Crippen molar-refractivity contribution in [2.75, 3.05) is 6.54 Å². The monoisotopic (exact) mass is 278 g/mol. The van der Waals surface area contributed by atoms with Crippen LogP contribution in [-0.4, -0.2) is 18.5 Å². The molecule has 1 amide bonds. The lowest BCUT2D eigenvalue weighted by Crippen LogP contribution is -2.49. The predicted octanol–water partition coefficient (Wildman–Crippen LogP) is 2.59. The lowest BCUT2D eigenvalue weighted by Gasteiger charge is -2.26. The highest BCUT2D eigenvalue weighted by Crippen LogP contribution is 2.46. The summed E-state index contributed by atoms with van der Waals surface area (Å²) in [5.41, 5.74) is 0.963. The maximum Gasteiger partial charge on any atom is 0.237 e. The van der Waals surface area contributed by atoms with Crippen LogP contribution in [0.2, 0.25) is 5.02 Å². The number of piperidine rings is 1. The van der Waals surface area contributed by atoms with Crippen molar-refractivity contribution < 1.29 is 4.79 Å². The number of halogens is 1. The SMILES string of the molecule is O=C(NC1(c2cccc(Cl)c2)CC1)C1CCCCN1. The van der Waals surface area contributed by atoms with Gasteiger partial charge in [-0.15, -0.1) is 0 Å². The van der Waals surface area contributed by atoms with Crippen LogP contribution in [0.4, 0.5) is 0 Å². The minimum atomic E-state index is -0.166. The summed E-state index contributed by atoms with van der Waals surface area (Å²) in [6.45, 7) is 0.947. The van der Waals surface area contributed by atoms with Gasteiger partial charge < -0.3 is 10.6 Å². The molecule has 1 unspecified atom stereocenters. The molecule has 1 aliphatic carbocycles. The number of rotatable bonds is 3. The van der Waals surface area contributed by atoms with Crippen LogP contribution in [0.3, 0.4) is 0 Å². The summed E-state index contributed by atoms with van der Waals surface area (Å²) in [5.74, 6) is 0.136. The zero-order valence-corrected chi connectivity index (χ0v) is 11.7. The summed E-state index contributed by atoms with van der Waals surface area (Å²) in [6, 6.07) is 7.80. The van der Waals surface area contributed by atoms with Crippen molar-refractivity contribution in [3.8, 4) is 0 Å². The van der Waals surface area contributed by atoms with E-state index >= 15 is 0 Å². The van der Waals surface area contributed by atoms with Crippen molar-refractivity contribution >= 4 is 17.5 Å². The smallest absolute Gasteiger partial charge is 0.237 e. The van der Waals surface area contributed by atoms with Crippen LogP contribution in [0.25, 0.3) is 0 Å². The quantitative estimate of drug-likeness (QED) is 0.892. The van der Waals surface area contributed by atoms with E-state index in [2.05, 4.69) is 10.6 Å². The minimum Gasteiger partial charge on any atom is -0.345 e. The first kappa shape index (κ1) is 12.9. The fourth-order valence-electron chi connectivity index (χ4n) is 2.80. The Morgan fingerprint density at radius 1 is 1.37 bits per heavy atom. The molecule has 19 heavy (non-hydrogen) atoms. The molecule has 0 aromatic heterocycles. The Bertz CT molecular complexity index is 479. The summed E-state index contributed by atoms with van der Waals surface area (Å²) < 4.78 is 0. The van der Waals surface area contributed by atoms with Gasteiger partial charge in [0.2, 0.25) is 5.91 Å². The summed E-state index contributed by atoms with van der Waals surface area (Å²) in [6.07, 6.45) is 5.26. The molecule has 2 N–H and O–H groups in total. The van der Waals surface area contributed by atoms with Crippen LogP contribution in [0.5, 0.6) is 0 Å². The van der Waals surface area contributed by atoms with Gasteiger partial charge in [0.15, 0.2) is 0 Å². The molecule has 0 radical (unpaired) electrons. The second kappa shape index (κ2) is 5.14. The Balaban J connectivity index is 1.70. The second-order valence-electron chi connectivity index (χ2n) is 5.58. The molecule has 1 aromatic carbocycles. The Morgan fingerprint density at radius 3 is 2.84 bits per heavy atom. The van der Waals surface area contributed by atoms with Crippen molar-refractivity contribution in [3.63, 3.8) is 0 Å². The average Bonchev–Trinajstić information content (AvgIpc) is 3.21. The molecular weight excluding hydrogens is 260 g/mol. The second-order valence-corrected chi connectivity index (χ2v) is 6.02. The third-order valence-electron chi connectivity index (χ3n) is 4.12. The number of carbonyl (C=O) groups is 1. The van der Waals surface area contributed by atoms with E-state index in [-0.39, 0.29) is 17.5 Å². The largest absolute Gasteiger partial charge is 0.345 e. The molecule has 1 aliphatic heterocycles. The highest BCUT2D eigenvalue weighted by molar-refractivity contribution is 6.30. The standard InChI is InChI=1S/C15H19ClN2O/c16-12-5-3-4-11(10-12)15(7-8-15)18-14(19)13-6-1-2-9-17-13/h3-5,10,13,17H,1-2,6-9H2,(H,18,19). The van der Waals surface area contributed by atoms with Crippen molar-refractivity contribution in [2.45, 2.75) is 43.7 Å². The first-order valence-corrected chi connectivity index (χ1v) is 7.39. The molecule has 1 saturated heterocycles. The fraction of sp³-hybridized carbons (Fsp3) is 0.533. The van der Waals surface area contributed by atoms with Crippen molar-refractivity contribution in [2.24, 2.45) is 0 Å². The van der Waals surface area contributed by atoms with E-state index in [1.54, 1.807) is 0 Å². The van der Waals surface area contributed by atoms with Gasteiger partial charge >= 0.3 is 0 Å². The Labute approximate surface area is 118 Å². The van der Waals surface area contributed by atoms with Gasteiger partial charge in [-0.1, -0.05) is 30.2 Å². The molecule has 1 heterocycles. The van der Waals surface area contributed by atoms with Crippen LogP contribution in [0.1, 0.15) is 37.7 Å². The number of carbonyl (C=O) groups excluding carboxylic acids is 1. The van der Waals surface area contributed by atoms with Crippen LogP contribution in [0.15, 0.2) is 24.3 Å². The Hall–Kier alpha value is -1.06. The number of amides is 1. The molecule has 0 spiro atoms. The van der Waals surface area contributed by atoms with Crippen LogP contribution in [0, 0.1) is 0 Å². The van der Waals surface area contributed by atoms with Gasteiger partial charge in [0.05, 0.1) is 11.6 Å². The van der Waals surface area contributed by atoms with Gasteiger partial charge in [0.25, 0.3) is 0 Å². The molecule has 2 aliphatic rings. The summed E-state index contributed by atoms with van der Waals surface area (Å²) in [4.78, 5) is 12.3. The predicted molar refractivity (Wildman–Crippen MR) is 76.1 cm³/mol.